The van der Waals surface area contributed by atoms with E-state index in [4.69, 9.17) is 10.2 Å². The molecule has 3 amide bonds. The molecule has 35 heavy (non-hydrogen) atoms. The van der Waals surface area contributed by atoms with Gasteiger partial charge in [-0.15, -0.1) is 0 Å². The third-order valence-electron chi connectivity index (χ3n) is 5.57. The lowest BCUT2D eigenvalue weighted by Crippen LogP contribution is -2.42. The molecule has 0 radical (unpaired) electrons. The minimum absolute atomic E-state index is 0.0983. The summed E-state index contributed by atoms with van der Waals surface area (Å²) in [7, 11) is 0. The fraction of sp³-hybridized carbons (Fsp3) is 0.348. The second kappa shape index (κ2) is 10.8. The maximum Gasteiger partial charge on any atom is 0.256 e. The Morgan fingerprint density at radius 1 is 1.17 bits per heavy atom. The number of aromatic nitrogens is 1. The van der Waals surface area contributed by atoms with Crippen molar-refractivity contribution in [3.63, 3.8) is 0 Å². The molecule has 2 heterocycles. The van der Waals surface area contributed by atoms with Gasteiger partial charge >= 0.3 is 0 Å². The highest BCUT2D eigenvalue weighted by atomic mass is 19.2. The zero-order valence-corrected chi connectivity index (χ0v) is 19.0. The van der Waals surface area contributed by atoms with Crippen LogP contribution in [0.4, 0.5) is 14.5 Å². The van der Waals surface area contributed by atoms with Gasteiger partial charge in [-0.1, -0.05) is 0 Å². The van der Waals surface area contributed by atoms with Crippen LogP contribution in [0.25, 0.3) is 11.6 Å². The molecule has 0 aliphatic carbocycles. The van der Waals surface area contributed by atoms with Crippen LogP contribution in [0.1, 0.15) is 39.3 Å². The van der Waals surface area contributed by atoms with Gasteiger partial charge in [0.05, 0.1) is 48.6 Å². The van der Waals surface area contributed by atoms with E-state index in [1.807, 2.05) is 0 Å². The van der Waals surface area contributed by atoms with Gasteiger partial charge in [0, 0.05) is 23.5 Å². The van der Waals surface area contributed by atoms with Crippen LogP contribution in [0.3, 0.4) is 0 Å². The monoisotopic (exact) mass is 492 g/mol. The number of carbonyl (C=O) groups excluding carboxylic acids is 3. The second-order valence-corrected chi connectivity index (χ2v) is 8.16. The number of carbonyl (C=O) groups is 3. The number of rotatable bonds is 9. The number of aryl methyl sites for hydroxylation is 1. The second-order valence-electron chi connectivity index (χ2n) is 8.16. The van der Waals surface area contributed by atoms with Crippen LogP contribution >= 0.6 is 0 Å². The molecule has 3 rings (SSSR count). The molecule has 2 aromatic rings. The first-order valence-corrected chi connectivity index (χ1v) is 10.7. The smallest absolute Gasteiger partial charge is 0.256 e. The topological polar surface area (TPSA) is 164 Å². The molecule has 1 aliphatic rings. The number of hydrogen-bond donors (Lipinski definition) is 7. The van der Waals surface area contributed by atoms with Crippen LogP contribution < -0.4 is 16.0 Å². The standard InChI is InChI=1S/C23H26F2N4O6/c1-10-17(6-14-20-16(29-22(14)34)4-3-15(24)21(20)25)27-11(2)19(10)23(35)26-7-13(32)5-18(33)28-12(8-30)9-31/h3-4,6,12-13,27,30-32H,5,7-9H2,1-2H3,(H,26,35)(H,28,33)(H,29,34)/b14-6-. The van der Waals surface area contributed by atoms with E-state index < -0.39 is 54.7 Å². The summed E-state index contributed by atoms with van der Waals surface area (Å²) in [5.74, 6) is -4.04. The van der Waals surface area contributed by atoms with Gasteiger partial charge in [-0.2, -0.15) is 0 Å². The zero-order chi connectivity index (χ0) is 25.9. The van der Waals surface area contributed by atoms with Crippen molar-refractivity contribution in [3.05, 3.63) is 51.8 Å². The Kier molecular flexibility index (Phi) is 7.99. The summed E-state index contributed by atoms with van der Waals surface area (Å²) in [6, 6.07) is 1.33. The minimum Gasteiger partial charge on any atom is -0.394 e. The molecule has 1 atom stereocenters. The first kappa shape index (κ1) is 26.0. The number of aliphatic hydroxyl groups excluding tert-OH is 3. The fourth-order valence-corrected chi connectivity index (χ4v) is 3.78. The number of fused-ring (bicyclic) bond motifs is 1. The molecular weight excluding hydrogens is 466 g/mol. The Bertz CT molecular complexity index is 1190. The van der Waals surface area contributed by atoms with Crippen LogP contribution in [0, 0.1) is 25.5 Å². The molecule has 0 fully saturated rings. The predicted molar refractivity (Wildman–Crippen MR) is 122 cm³/mol. The maximum absolute atomic E-state index is 14.4. The summed E-state index contributed by atoms with van der Waals surface area (Å²) in [5, 5.41) is 35.3. The number of H-pyrrole nitrogens is 1. The van der Waals surface area contributed by atoms with Crippen LogP contribution in [-0.4, -0.2) is 69.9 Å². The third kappa shape index (κ3) is 5.56. The van der Waals surface area contributed by atoms with Crippen molar-refractivity contribution in [3.8, 4) is 0 Å². The van der Waals surface area contributed by atoms with Crippen molar-refractivity contribution in [2.75, 3.05) is 25.1 Å². The summed E-state index contributed by atoms with van der Waals surface area (Å²) in [6.07, 6.45) is -0.258. The Hall–Kier alpha value is -3.61. The van der Waals surface area contributed by atoms with E-state index in [9.17, 15) is 28.3 Å². The molecule has 0 spiro atoms. The third-order valence-corrected chi connectivity index (χ3v) is 5.57. The Labute approximate surface area is 199 Å². The lowest BCUT2D eigenvalue weighted by atomic mass is 10.0. The Morgan fingerprint density at radius 3 is 2.51 bits per heavy atom. The van der Waals surface area contributed by atoms with E-state index in [1.165, 1.54) is 12.1 Å². The quantitative estimate of drug-likeness (QED) is 0.250. The predicted octanol–water partition coefficient (Wildman–Crippen LogP) is 0.353. The van der Waals surface area contributed by atoms with Gasteiger partial charge in [0.2, 0.25) is 5.91 Å². The largest absolute Gasteiger partial charge is 0.394 e. The number of anilines is 1. The molecule has 0 bridgehead atoms. The number of aromatic amines is 1. The van der Waals surface area contributed by atoms with E-state index in [1.54, 1.807) is 13.8 Å². The maximum atomic E-state index is 14.4. The molecule has 188 valence electrons. The first-order valence-electron chi connectivity index (χ1n) is 10.7. The summed E-state index contributed by atoms with van der Waals surface area (Å²) in [4.78, 5) is 39.9. The molecular formula is C23H26F2N4O6. The molecule has 1 aromatic carbocycles. The van der Waals surface area contributed by atoms with Gasteiger partial charge in [-0.25, -0.2) is 8.78 Å². The number of benzene rings is 1. The van der Waals surface area contributed by atoms with E-state index in [2.05, 4.69) is 20.9 Å². The summed E-state index contributed by atoms with van der Waals surface area (Å²) < 4.78 is 28.1. The highest BCUT2D eigenvalue weighted by Gasteiger charge is 2.30. The number of amides is 3. The van der Waals surface area contributed by atoms with E-state index >= 15 is 0 Å². The van der Waals surface area contributed by atoms with Crippen molar-refractivity contribution in [2.24, 2.45) is 0 Å². The van der Waals surface area contributed by atoms with Crippen molar-refractivity contribution in [2.45, 2.75) is 32.4 Å². The zero-order valence-electron chi connectivity index (χ0n) is 19.0. The molecule has 1 aromatic heterocycles. The SMILES string of the molecule is Cc1[nH]c(/C=C2\C(=O)Nc3ccc(F)c(F)c32)c(C)c1C(=O)NCC(O)CC(=O)NC(CO)CO. The fourth-order valence-electron chi connectivity index (χ4n) is 3.78. The summed E-state index contributed by atoms with van der Waals surface area (Å²) in [6.45, 7) is 2.04. The Morgan fingerprint density at radius 2 is 1.86 bits per heavy atom. The molecule has 10 nitrogen and oxygen atoms in total. The molecule has 1 aliphatic heterocycles. The van der Waals surface area contributed by atoms with Crippen molar-refractivity contribution in [1.82, 2.24) is 15.6 Å². The highest BCUT2D eigenvalue weighted by molar-refractivity contribution is 6.35. The molecule has 1 unspecified atom stereocenters. The van der Waals surface area contributed by atoms with Gasteiger partial charge < -0.3 is 36.3 Å². The summed E-state index contributed by atoms with van der Waals surface area (Å²) >= 11 is 0. The van der Waals surface area contributed by atoms with E-state index in [0.717, 1.165) is 6.07 Å². The van der Waals surface area contributed by atoms with E-state index in [-0.39, 0.29) is 35.4 Å². The summed E-state index contributed by atoms with van der Waals surface area (Å²) in [5.41, 5.74) is 1.29. The average Bonchev–Trinajstić information content (AvgIpc) is 3.28. The van der Waals surface area contributed by atoms with Gasteiger partial charge in [-0.3, -0.25) is 14.4 Å². The highest BCUT2D eigenvalue weighted by Crippen LogP contribution is 2.36. The number of nitrogens with one attached hydrogen (secondary N) is 4. The minimum atomic E-state index is -1.23. The van der Waals surface area contributed by atoms with Crippen molar-refractivity contribution in [1.29, 1.82) is 0 Å². The number of aliphatic hydroxyl groups is 3. The van der Waals surface area contributed by atoms with Crippen LogP contribution in [-0.2, 0) is 9.59 Å². The van der Waals surface area contributed by atoms with Crippen LogP contribution in [0.5, 0.6) is 0 Å². The number of hydrogen-bond acceptors (Lipinski definition) is 6. The molecule has 0 saturated heterocycles. The Balaban J connectivity index is 1.73. The lowest BCUT2D eigenvalue weighted by Gasteiger charge is -2.16. The number of halogens is 2. The van der Waals surface area contributed by atoms with Gasteiger partial charge in [-0.05, 0) is 37.6 Å². The molecule has 7 N–H and O–H groups in total. The lowest BCUT2D eigenvalue weighted by molar-refractivity contribution is -0.124. The first-order chi connectivity index (χ1) is 16.6. The molecule has 0 saturated carbocycles. The van der Waals surface area contributed by atoms with Gasteiger partial charge in [0.25, 0.3) is 11.8 Å². The van der Waals surface area contributed by atoms with E-state index in [0.29, 0.717) is 17.0 Å². The van der Waals surface area contributed by atoms with Crippen molar-refractivity contribution < 1.29 is 38.5 Å². The van der Waals surface area contributed by atoms with Crippen molar-refractivity contribution >= 4 is 35.1 Å². The van der Waals surface area contributed by atoms with Gasteiger partial charge in [0.1, 0.15) is 0 Å². The van der Waals surface area contributed by atoms with Crippen LogP contribution in [0.2, 0.25) is 0 Å². The average molecular weight is 492 g/mol. The van der Waals surface area contributed by atoms with Crippen LogP contribution in [0.15, 0.2) is 12.1 Å². The normalized spacial score (nSPS) is 14.7. The molecule has 12 heteroatoms. The van der Waals surface area contributed by atoms with Gasteiger partial charge in [0.15, 0.2) is 11.6 Å².